The summed E-state index contributed by atoms with van der Waals surface area (Å²) in [5.41, 5.74) is -4.38. The predicted octanol–water partition coefficient (Wildman–Crippen LogP) is -0.608. The minimum Gasteiger partial charge on any atom is -0.464 e. The molecule has 0 N–H and O–H groups in total. The number of carbonyl (C=O) groups is 6. The number of esters is 3. The topological polar surface area (TPSA) is 215 Å². The maximum Gasteiger partial charge on any atom is 0.404 e. The first-order valence-electron chi connectivity index (χ1n) is 14.2. The van der Waals surface area contributed by atoms with Crippen molar-refractivity contribution in [3.63, 3.8) is 0 Å². The Labute approximate surface area is 262 Å². The molecule has 252 valence electrons. The highest BCUT2D eigenvalue weighted by Gasteiger charge is 2.22. The summed E-state index contributed by atoms with van der Waals surface area (Å²) in [6, 6.07) is 0. The standard InChI is InChI=1S/C29H37N3O14/c1-4-22(34)26(38)46-32-28(40)30(16-20-44-25(37)14-10-8-12-18-43-24(36)6-3)27(39)31(29(32)41)45-19-15-21(33)13-9-7-11-17-42-23(35)5-2/h4-6H,1-3,7-20H2. The lowest BCUT2D eigenvalue weighted by Gasteiger charge is -2.13. The lowest BCUT2D eigenvalue weighted by atomic mass is 10.1. The number of nitrogens with zero attached hydrogens (tertiary/aromatic N) is 3. The molecular weight excluding hydrogens is 614 g/mol. The molecule has 0 saturated carbocycles. The second-order valence-corrected chi connectivity index (χ2v) is 9.24. The van der Waals surface area contributed by atoms with E-state index in [0.717, 1.165) is 12.2 Å². The van der Waals surface area contributed by atoms with E-state index < -0.39 is 66.5 Å². The van der Waals surface area contributed by atoms with Crippen molar-refractivity contribution in [2.45, 2.75) is 64.3 Å². The van der Waals surface area contributed by atoms with E-state index in [2.05, 4.69) is 24.6 Å². The first-order valence-corrected chi connectivity index (χ1v) is 14.2. The summed E-state index contributed by atoms with van der Waals surface area (Å²) in [5, 5.41) is 0. The minimum absolute atomic E-state index is 0.0186. The number of ketones is 2. The van der Waals surface area contributed by atoms with Crippen molar-refractivity contribution in [1.82, 2.24) is 14.0 Å². The summed E-state index contributed by atoms with van der Waals surface area (Å²) in [7, 11) is 0. The van der Waals surface area contributed by atoms with E-state index in [0.29, 0.717) is 49.2 Å². The van der Waals surface area contributed by atoms with Gasteiger partial charge in [-0.3, -0.25) is 14.4 Å². The lowest BCUT2D eigenvalue weighted by molar-refractivity contribution is -0.153. The SMILES string of the molecule is C=CC(=O)OCCCCCC(=O)CCOn1c(=O)n(CCOC(=O)CCCCCOC(=O)C=C)c(=O)n(OC(=O)C(=O)C=C)c1=O. The van der Waals surface area contributed by atoms with E-state index in [-0.39, 0.29) is 47.7 Å². The smallest absolute Gasteiger partial charge is 0.404 e. The van der Waals surface area contributed by atoms with E-state index in [4.69, 9.17) is 19.0 Å². The van der Waals surface area contributed by atoms with Gasteiger partial charge >= 0.3 is 40.9 Å². The van der Waals surface area contributed by atoms with Crippen molar-refractivity contribution in [2.24, 2.45) is 0 Å². The zero-order chi connectivity index (χ0) is 34.5. The molecule has 0 fully saturated rings. The van der Waals surface area contributed by atoms with E-state index in [1.807, 2.05) is 0 Å². The van der Waals surface area contributed by atoms with E-state index in [9.17, 15) is 43.2 Å². The molecule has 17 nitrogen and oxygen atoms in total. The summed E-state index contributed by atoms with van der Waals surface area (Å²) in [4.78, 5) is 118. The molecule has 0 radical (unpaired) electrons. The van der Waals surface area contributed by atoms with E-state index in [1.165, 1.54) is 0 Å². The second-order valence-electron chi connectivity index (χ2n) is 9.24. The molecule has 0 atom stereocenters. The number of rotatable bonds is 24. The molecule has 0 aliphatic heterocycles. The van der Waals surface area contributed by atoms with Crippen molar-refractivity contribution < 1.29 is 52.7 Å². The molecule has 0 saturated heterocycles. The van der Waals surface area contributed by atoms with Gasteiger partial charge in [0.15, 0.2) is 0 Å². The molecule has 46 heavy (non-hydrogen) atoms. The maximum absolute atomic E-state index is 12.9. The van der Waals surface area contributed by atoms with Gasteiger partial charge < -0.3 is 23.9 Å². The molecule has 17 heteroatoms. The van der Waals surface area contributed by atoms with Crippen LogP contribution in [0.4, 0.5) is 0 Å². The Hall–Kier alpha value is -5.35. The average Bonchev–Trinajstić information content (AvgIpc) is 3.04. The van der Waals surface area contributed by atoms with E-state index in [1.54, 1.807) is 0 Å². The Kier molecular flexibility index (Phi) is 18.0. The third-order valence-corrected chi connectivity index (χ3v) is 5.84. The molecule has 1 heterocycles. The van der Waals surface area contributed by atoms with Gasteiger partial charge in [-0.05, 0) is 44.6 Å². The monoisotopic (exact) mass is 651 g/mol. The first-order chi connectivity index (χ1) is 22.0. The highest BCUT2D eigenvalue weighted by Crippen LogP contribution is 2.04. The summed E-state index contributed by atoms with van der Waals surface area (Å²) >= 11 is 0. The third kappa shape index (κ3) is 14.0. The van der Waals surface area contributed by atoms with Crippen molar-refractivity contribution in [3.8, 4) is 0 Å². The zero-order valence-electron chi connectivity index (χ0n) is 25.3. The molecular formula is C29H37N3O14. The first kappa shape index (κ1) is 38.7. The van der Waals surface area contributed by atoms with Crippen LogP contribution in [0.2, 0.25) is 0 Å². The van der Waals surface area contributed by atoms with Gasteiger partial charge in [-0.1, -0.05) is 29.2 Å². The minimum atomic E-state index is -1.66. The third-order valence-electron chi connectivity index (χ3n) is 5.84. The highest BCUT2D eigenvalue weighted by molar-refractivity contribution is 6.38. The lowest BCUT2D eigenvalue weighted by Crippen LogP contribution is -2.59. The molecule has 1 aromatic heterocycles. The van der Waals surface area contributed by atoms with Gasteiger partial charge in [0, 0.05) is 31.4 Å². The fourth-order valence-electron chi connectivity index (χ4n) is 3.45. The molecule has 1 rings (SSSR count). The van der Waals surface area contributed by atoms with Crippen molar-refractivity contribution >= 4 is 35.4 Å². The van der Waals surface area contributed by atoms with Crippen LogP contribution < -0.4 is 26.7 Å². The molecule has 0 spiro atoms. The average molecular weight is 652 g/mol. The van der Waals surface area contributed by atoms with Gasteiger partial charge in [-0.2, -0.15) is 0 Å². The van der Waals surface area contributed by atoms with Crippen LogP contribution in [0.5, 0.6) is 0 Å². The Balaban J connectivity index is 2.84. The normalized spacial score (nSPS) is 10.3. The van der Waals surface area contributed by atoms with Gasteiger partial charge in [0.05, 0.1) is 19.8 Å². The van der Waals surface area contributed by atoms with Crippen LogP contribution in [0, 0.1) is 0 Å². The Morgan fingerprint density at radius 2 is 1.15 bits per heavy atom. The quantitative estimate of drug-likeness (QED) is 0.0448. The largest absolute Gasteiger partial charge is 0.464 e. The molecule has 0 aliphatic carbocycles. The fourth-order valence-corrected chi connectivity index (χ4v) is 3.45. The van der Waals surface area contributed by atoms with Crippen molar-refractivity contribution in [3.05, 3.63) is 69.4 Å². The summed E-state index contributed by atoms with van der Waals surface area (Å²) in [5.74, 6) is -5.02. The van der Waals surface area contributed by atoms with Crippen LogP contribution in [0.3, 0.4) is 0 Å². The number of ether oxygens (including phenoxy) is 3. The predicted molar refractivity (Wildman–Crippen MR) is 157 cm³/mol. The van der Waals surface area contributed by atoms with Crippen LogP contribution in [-0.4, -0.2) is 75.9 Å². The second kappa shape index (κ2) is 21.4. The molecule has 0 aromatic carbocycles. The summed E-state index contributed by atoms with van der Waals surface area (Å²) < 4.78 is 14.9. The van der Waals surface area contributed by atoms with Crippen molar-refractivity contribution in [1.29, 1.82) is 0 Å². The van der Waals surface area contributed by atoms with Crippen molar-refractivity contribution in [2.75, 3.05) is 26.4 Å². The Morgan fingerprint density at radius 3 is 1.72 bits per heavy atom. The molecule has 0 amide bonds. The Bertz CT molecular complexity index is 1380. The Morgan fingerprint density at radius 1 is 0.587 bits per heavy atom. The molecule has 0 unspecified atom stereocenters. The van der Waals surface area contributed by atoms with Gasteiger partial charge in [0.1, 0.15) is 19.0 Å². The van der Waals surface area contributed by atoms with Gasteiger partial charge in [-0.25, -0.2) is 33.3 Å². The molecule has 1 aromatic rings. The van der Waals surface area contributed by atoms with Crippen LogP contribution in [0.15, 0.2) is 52.3 Å². The van der Waals surface area contributed by atoms with Crippen LogP contribution in [0.25, 0.3) is 0 Å². The van der Waals surface area contributed by atoms with Crippen LogP contribution >= 0.6 is 0 Å². The molecule has 0 aliphatic rings. The number of aromatic nitrogens is 3. The van der Waals surface area contributed by atoms with Gasteiger partial charge in [-0.15, -0.1) is 0 Å². The number of carbonyl (C=O) groups excluding carboxylic acids is 6. The number of unbranched alkanes of at least 4 members (excludes halogenated alkanes) is 4. The van der Waals surface area contributed by atoms with Crippen LogP contribution in [0.1, 0.15) is 57.8 Å². The number of hydrogen-bond donors (Lipinski definition) is 0. The maximum atomic E-state index is 12.9. The zero-order valence-corrected chi connectivity index (χ0v) is 25.3. The van der Waals surface area contributed by atoms with Gasteiger partial charge in [0.2, 0.25) is 0 Å². The molecule has 0 bridgehead atoms. The van der Waals surface area contributed by atoms with Crippen LogP contribution in [-0.2, 0) is 49.5 Å². The van der Waals surface area contributed by atoms with E-state index >= 15 is 0 Å². The highest BCUT2D eigenvalue weighted by atomic mass is 16.7. The van der Waals surface area contributed by atoms with Gasteiger partial charge in [0.25, 0.3) is 5.78 Å². The summed E-state index contributed by atoms with van der Waals surface area (Å²) in [6.45, 7) is 8.39. The number of Topliss-reactive ketones (excluding diaryl/α,β-unsaturated/α-hetero) is 1. The summed E-state index contributed by atoms with van der Waals surface area (Å²) in [6.07, 6.45) is 5.53. The number of hydrogen-bond acceptors (Lipinski definition) is 14. The fraction of sp³-hybridized carbons (Fsp3) is 0.483.